The van der Waals surface area contributed by atoms with E-state index in [1.54, 1.807) is 6.07 Å². The molecule has 0 aliphatic carbocycles. The van der Waals surface area contributed by atoms with Crippen molar-refractivity contribution < 1.29 is 4.39 Å². The molecule has 2 N–H and O–H groups in total. The average Bonchev–Trinajstić information content (AvgIpc) is 2.24. The van der Waals surface area contributed by atoms with Crippen LogP contribution >= 0.6 is 28.1 Å². The SMILES string of the molecule is CCCCNC(=S)Nc1cc(F)ccc1Br. The zero-order valence-corrected chi connectivity index (χ0v) is 11.4. The van der Waals surface area contributed by atoms with Crippen LogP contribution in [-0.4, -0.2) is 11.7 Å². The molecule has 1 aromatic rings. The molecule has 0 heterocycles. The monoisotopic (exact) mass is 304 g/mol. The third kappa shape index (κ3) is 4.45. The fraction of sp³-hybridized carbons (Fsp3) is 0.364. The van der Waals surface area contributed by atoms with Crippen molar-refractivity contribution in [2.24, 2.45) is 0 Å². The summed E-state index contributed by atoms with van der Waals surface area (Å²) in [6.07, 6.45) is 2.17. The van der Waals surface area contributed by atoms with Gasteiger partial charge >= 0.3 is 0 Å². The Kier molecular flexibility index (Phi) is 5.69. The van der Waals surface area contributed by atoms with E-state index in [9.17, 15) is 4.39 Å². The van der Waals surface area contributed by atoms with Crippen molar-refractivity contribution in [1.29, 1.82) is 0 Å². The van der Waals surface area contributed by atoms with Crippen LogP contribution in [0, 0.1) is 5.82 Å². The van der Waals surface area contributed by atoms with Crippen LogP contribution in [0.3, 0.4) is 0 Å². The minimum Gasteiger partial charge on any atom is -0.362 e. The van der Waals surface area contributed by atoms with Gasteiger partial charge in [-0.2, -0.15) is 0 Å². The lowest BCUT2D eigenvalue weighted by Gasteiger charge is -2.11. The third-order valence-corrected chi connectivity index (χ3v) is 2.93. The number of hydrogen-bond acceptors (Lipinski definition) is 1. The van der Waals surface area contributed by atoms with Crippen LogP contribution in [0.4, 0.5) is 10.1 Å². The number of anilines is 1. The van der Waals surface area contributed by atoms with Crippen LogP contribution in [0.15, 0.2) is 22.7 Å². The maximum Gasteiger partial charge on any atom is 0.170 e. The predicted molar refractivity (Wildman–Crippen MR) is 73.2 cm³/mol. The van der Waals surface area contributed by atoms with Crippen LogP contribution in [0.5, 0.6) is 0 Å². The van der Waals surface area contributed by atoms with E-state index in [4.69, 9.17) is 12.2 Å². The summed E-state index contributed by atoms with van der Waals surface area (Å²) in [7, 11) is 0. The molecule has 88 valence electrons. The summed E-state index contributed by atoms with van der Waals surface area (Å²) in [6, 6.07) is 4.44. The summed E-state index contributed by atoms with van der Waals surface area (Å²) in [5.41, 5.74) is 0.633. The summed E-state index contributed by atoms with van der Waals surface area (Å²) >= 11 is 8.41. The van der Waals surface area contributed by atoms with Crippen LogP contribution in [-0.2, 0) is 0 Å². The van der Waals surface area contributed by atoms with Gasteiger partial charge in [0.05, 0.1) is 5.69 Å². The molecule has 0 spiro atoms. The van der Waals surface area contributed by atoms with E-state index in [2.05, 4.69) is 33.5 Å². The highest BCUT2D eigenvalue weighted by molar-refractivity contribution is 9.10. The lowest BCUT2D eigenvalue weighted by molar-refractivity contribution is 0.628. The van der Waals surface area contributed by atoms with Crippen LogP contribution in [0.25, 0.3) is 0 Å². The minimum absolute atomic E-state index is 0.290. The zero-order chi connectivity index (χ0) is 12.0. The summed E-state index contributed by atoms with van der Waals surface area (Å²) < 4.78 is 13.8. The Morgan fingerprint density at radius 3 is 2.94 bits per heavy atom. The molecule has 0 aliphatic rings. The fourth-order valence-electron chi connectivity index (χ4n) is 1.14. The van der Waals surface area contributed by atoms with Gasteiger partial charge in [0, 0.05) is 11.0 Å². The van der Waals surface area contributed by atoms with E-state index in [1.165, 1.54) is 12.1 Å². The second-order valence-corrected chi connectivity index (χ2v) is 4.62. The molecule has 0 atom stereocenters. The first-order valence-electron chi connectivity index (χ1n) is 5.13. The topological polar surface area (TPSA) is 24.1 Å². The van der Waals surface area contributed by atoms with Crippen molar-refractivity contribution in [2.45, 2.75) is 19.8 Å². The molecule has 0 saturated heterocycles. The van der Waals surface area contributed by atoms with Crippen LogP contribution in [0.1, 0.15) is 19.8 Å². The standard InChI is InChI=1S/C11H14BrFN2S/c1-2-3-6-14-11(16)15-10-7-8(13)4-5-9(10)12/h4-5,7H,2-3,6H2,1H3,(H2,14,15,16). The molecular weight excluding hydrogens is 291 g/mol. The van der Waals surface area contributed by atoms with E-state index in [1.807, 2.05) is 0 Å². The number of unbranched alkanes of at least 4 members (excludes halogenated alkanes) is 1. The molecule has 0 unspecified atom stereocenters. The summed E-state index contributed by atoms with van der Waals surface area (Å²) in [5, 5.41) is 6.51. The maximum absolute atomic E-state index is 13.0. The minimum atomic E-state index is -0.290. The van der Waals surface area contributed by atoms with Crippen molar-refractivity contribution in [3.63, 3.8) is 0 Å². The molecular formula is C11H14BrFN2S. The van der Waals surface area contributed by atoms with E-state index in [0.717, 1.165) is 23.9 Å². The number of rotatable bonds is 4. The van der Waals surface area contributed by atoms with Gasteiger partial charge in [-0.1, -0.05) is 13.3 Å². The molecule has 5 heteroatoms. The number of nitrogens with one attached hydrogen (secondary N) is 2. The summed E-state index contributed by atoms with van der Waals surface area (Å²) in [4.78, 5) is 0. The van der Waals surface area contributed by atoms with Crippen molar-refractivity contribution in [1.82, 2.24) is 5.32 Å². The normalized spacial score (nSPS) is 9.94. The fourth-order valence-corrected chi connectivity index (χ4v) is 1.70. The lowest BCUT2D eigenvalue weighted by Crippen LogP contribution is -2.29. The molecule has 0 amide bonds. The second-order valence-electron chi connectivity index (χ2n) is 3.36. The Morgan fingerprint density at radius 1 is 1.50 bits per heavy atom. The van der Waals surface area contributed by atoms with Gasteiger partial charge in [-0.3, -0.25) is 0 Å². The quantitative estimate of drug-likeness (QED) is 0.655. The Balaban J connectivity index is 2.52. The Labute approximate surface area is 109 Å². The summed E-state index contributed by atoms with van der Waals surface area (Å²) in [5.74, 6) is -0.290. The molecule has 0 radical (unpaired) electrons. The maximum atomic E-state index is 13.0. The molecule has 16 heavy (non-hydrogen) atoms. The smallest absolute Gasteiger partial charge is 0.170 e. The van der Waals surface area contributed by atoms with E-state index in [0.29, 0.717) is 10.8 Å². The molecule has 0 bridgehead atoms. The number of benzene rings is 1. The Hall–Kier alpha value is -0.680. The molecule has 0 aromatic heterocycles. The highest BCUT2D eigenvalue weighted by Crippen LogP contribution is 2.22. The number of halogens is 2. The number of thiocarbonyl (C=S) groups is 1. The molecule has 0 saturated carbocycles. The molecule has 1 aromatic carbocycles. The zero-order valence-electron chi connectivity index (χ0n) is 9.02. The van der Waals surface area contributed by atoms with E-state index in [-0.39, 0.29) is 5.82 Å². The average molecular weight is 305 g/mol. The predicted octanol–water partition coefficient (Wildman–Crippen LogP) is 3.67. The van der Waals surface area contributed by atoms with Gasteiger partial charge in [0.15, 0.2) is 5.11 Å². The molecule has 2 nitrogen and oxygen atoms in total. The van der Waals surface area contributed by atoms with Crippen molar-refractivity contribution in [3.05, 3.63) is 28.5 Å². The van der Waals surface area contributed by atoms with Crippen LogP contribution < -0.4 is 10.6 Å². The van der Waals surface area contributed by atoms with Crippen molar-refractivity contribution in [2.75, 3.05) is 11.9 Å². The highest BCUT2D eigenvalue weighted by Gasteiger charge is 2.03. The molecule has 1 rings (SSSR count). The van der Waals surface area contributed by atoms with Gasteiger partial charge < -0.3 is 10.6 Å². The Morgan fingerprint density at radius 2 is 2.25 bits per heavy atom. The lowest BCUT2D eigenvalue weighted by atomic mass is 10.3. The van der Waals surface area contributed by atoms with E-state index >= 15 is 0 Å². The first-order chi connectivity index (χ1) is 7.63. The largest absolute Gasteiger partial charge is 0.362 e. The summed E-state index contributed by atoms with van der Waals surface area (Å²) in [6.45, 7) is 2.94. The Bertz CT molecular complexity index is 371. The van der Waals surface area contributed by atoms with Crippen LogP contribution in [0.2, 0.25) is 0 Å². The van der Waals surface area contributed by atoms with Gasteiger partial charge in [-0.25, -0.2) is 4.39 Å². The van der Waals surface area contributed by atoms with Gasteiger partial charge in [-0.15, -0.1) is 0 Å². The second kappa shape index (κ2) is 6.81. The van der Waals surface area contributed by atoms with E-state index < -0.39 is 0 Å². The molecule has 0 fully saturated rings. The van der Waals surface area contributed by atoms with Gasteiger partial charge in [0.2, 0.25) is 0 Å². The first-order valence-corrected chi connectivity index (χ1v) is 6.33. The number of hydrogen-bond donors (Lipinski definition) is 2. The van der Waals surface area contributed by atoms with Gasteiger partial charge in [-0.05, 0) is 52.8 Å². The first kappa shape index (κ1) is 13.4. The van der Waals surface area contributed by atoms with Gasteiger partial charge in [0.1, 0.15) is 5.82 Å². The van der Waals surface area contributed by atoms with Crippen molar-refractivity contribution >= 4 is 38.9 Å². The van der Waals surface area contributed by atoms with Crippen molar-refractivity contribution in [3.8, 4) is 0 Å². The third-order valence-electron chi connectivity index (χ3n) is 1.99. The molecule has 0 aliphatic heterocycles. The van der Waals surface area contributed by atoms with Gasteiger partial charge in [0.25, 0.3) is 0 Å². The highest BCUT2D eigenvalue weighted by atomic mass is 79.9.